The van der Waals surface area contributed by atoms with Crippen LogP contribution in [0.15, 0.2) is 35.7 Å². The van der Waals surface area contributed by atoms with Crippen LogP contribution in [0.1, 0.15) is 54.9 Å². The Morgan fingerprint density at radius 1 is 1.04 bits per heavy atom. The van der Waals surface area contributed by atoms with Gasteiger partial charge in [-0.1, -0.05) is 26.0 Å². The summed E-state index contributed by atoms with van der Waals surface area (Å²) in [7, 11) is 0. The molecule has 0 spiro atoms. The van der Waals surface area contributed by atoms with Crippen molar-refractivity contribution in [2.24, 2.45) is 5.73 Å². The van der Waals surface area contributed by atoms with Crippen LogP contribution in [0, 0.1) is 0 Å². The van der Waals surface area contributed by atoms with Gasteiger partial charge in [0.1, 0.15) is 5.00 Å². The van der Waals surface area contributed by atoms with E-state index in [4.69, 9.17) is 5.73 Å². The van der Waals surface area contributed by atoms with Crippen molar-refractivity contribution >= 4 is 39.7 Å². The summed E-state index contributed by atoms with van der Waals surface area (Å²) in [5, 5.41) is 7.47. The molecule has 0 aliphatic carbocycles. The van der Waals surface area contributed by atoms with Gasteiger partial charge in [-0.2, -0.15) is 0 Å². The lowest BCUT2D eigenvalue weighted by molar-refractivity contribution is -0.121. The lowest BCUT2D eigenvalue weighted by Crippen LogP contribution is -2.19. The van der Waals surface area contributed by atoms with Crippen molar-refractivity contribution in [1.82, 2.24) is 0 Å². The van der Waals surface area contributed by atoms with Gasteiger partial charge in [-0.05, 0) is 41.5 Å². The van der Waals surface area contributed by atoms with Crippen molar-refractivity contribution < 1.29 is 14.4 Å². The Morgan fingerprint density at radius 2 is 1.65 bits per heavy atom. The summed E-state index contributed by atoms with van der Waals surface area (Å²) in [6.45, 7) is 4.29. The zero-order valence-corrected chi connectivity index (χ0v) is 15.7. The number of carbonyl (C=O) groups is 3. The molecule has 1 aromatic heterocycles. The lowest BCUT2D eigenvalue weighted by atomic mass is 9.99. The van der Waals surface area contributed by atoms with E-state index in [0.717, 1.165) is 6.42 Å². The Kier molecular flexibility index (Phi) is 6.91. The Balaban J connectivity index is 1.82. The lowest BCUT2D eigenvalue weighted by Gasteiger charge is -2.10. The fourth-order valence-corrected chi connectivity index (χ4v) is 3.18. The van der Waals surface area contributed by atoms with E-state index in [1.54, 1.807) is 11.4 Å². The van der Waals surface area contributed by atoms with Crippen LogP contribution in [0.3, 0.4) is 0 Å². The highest BCUT2D eigenvalue weighted by molar-refractivity contribution is 7.14. The molecule has 1 unspecified atom stereocenters. The van der Waals surface area contributed by atoms with Crippen molar-refractivity contribution in [3.05, 3.63) is 46.8 Å². The van der Waals surface area contributed by atoms with Gasteiger partial charge in [0.05, 0.1) is 5.56 Å². The van der Waals surface area contributed by atoms with E-state index in [1.807, 2.05) is 24.3 Å². The van der Waals surface area contributed by atoms with E-state index in [2.05, 4.69) is 24.5 Å². The number of thiophene rings is 1. The highest BCUT2D eigenvalue weighted by atomic mass is 32.1. The fourth-order valence-electron chi connectivity index (χ4n) is 2.37. The third-order valence-corrected chi connectivity index (χ3v) is 4.97. The van der Waals surface area contributed by atoms with Crippen LogP contribution in [0.4, 0.5) is 10.7 Å². The minimum absolute atomic E-state index is 0.0207. The summed E-state index contributed by atoms with van der Waals surface area (Å²) in [5.74, 6) is -0.693. The molecule has 4 N–H and O–H groups in total. The smallest absolute Gasteiger partial charge is 0.251 e. The van der Waals surface area contributed by atoms with E-state index in [0.29, 0.717) is 16.6 Å². The van der Waals surface area contributed by atoms with E-state index in [-0.39, 0.29) is 30.2 Å². The largest absolute Gasteiger partial charge is 0.366 e. The number of nitrogens with one attached hydrogen (secondary N) is 2. The van der Waals surface area contributed by atoms with Crippen LogP contribution in [0.2, 0.25) is 0 Å². The molecule has 6 nitrogen and oxygen atoms in total. The van der Waals surface area contributed by atoms with Gasteiger partial charge in [0.15, 0.2) is 0 Å². The van der Waals surface area contributed by atoms with E-state index >= 15 is 0 Å². The molecule has 26 heavy (non-hydrogen) atoms. The van der Waals surface area contributed by atoms with Gasteiger partial charge in [-0.15, -0.1) is 11.3 Å². The number of rotatable bonds is 8. The number of hydrogen-bond acceptors (Lipinski definition) is 4. The zero-order chi connectivity index (χ0) is 19.1. The Morgan fingerprint density at radius 3 is 2.23 bits per heavy atom. The molecule has 0 saturated heterocycles. The molecule has 1 atom stereocenters. The first kappa shape index (κ1) is 19.7. The Labute approximate surface area is 156 Å². The molecular formula is C19H23N3O3S. The molecular weight excluding hydrogens is 350 g/mol. The molecule has 138 valence electrons. The standard InChI is InChI=1S/C19H23N3O3S/c1-3-12(2)13-4-6-14(7-5-13)21-16(23)8-9-17(24)22-19-15(18(20)25)10-11-26-19/h4-7,10-12H,3,8-9H2,1-2H3,(H2,20,25)(H,21,23)(H,22,24). The van der Waals surface area contributed by atoms with Crippen LogP contribution in [-0.4, -0.2) is 17.7 Å². The Bertz CT molecular complexity index is 784. The van der Waals surface area contributed by atoms with Crippen molar-refractivity contribution in [1.29, 1.82) is 0 Å². The van der Waals surface area contributed by atoms with E-state index in [9.17, 15) is 14.4 Å². The summed E-state index contributed by atoms with van der Waals surface area (Å²) >= 11 is 1.22. The topological polar surface area (TPSA) is 101 Å². The summed E-state index contributed by atoms with van der Waals surface area (Å²) < 4.78 is 0. The first-order chi connectivity index (χ1) is 12.4. The molecule has 0 radical (unpaired) electrons. The summed E-state index contributed by atoms with van der Waals surface area (Å²) in [5.41, 5.74) is 7.44. The predicted octanol–water partition coefficient (Wildman–Crippen LogP) is 3.72. The summed E-state index contributed by atoms with van der Waals surface area (Å²) in [6, 6.07) is 9.28. The van der Waals surface area contributed by atoms with Crippen LogP contribution < -0.4 is 16.4 Å². The maximum absolute atomic E-state index is 12.0. The van der Waals surface area contributed by atoms with Gasteiger partial charge in [0.2, 0.25) is 11.8 Å². The third-order valence-electron chi connectivity index (χ3n) is 4.14. The number of benzene rings is 1. The second-order valence-corrected chi connectivity index (χ2v) is 6.97. The van der Waals surface area contributed by atoms with Crippen LogP contribution in [0.25, 0.3) is 0 Å². The number of nitrogens with two attached hydrogens (primary N) is 1. The number of carbonyl (C=O) groups excluding carboxylic acids is 3. The summed E-state index contributed by atoms with van der Waals surface area (Å²) in [4.78, 5) is 35.2. The normalized spacial score (nSPS) is 11.6. The average molecular weight is 373 g/mol. The van der Waals surface area contributed by atoms with Gasteiger partial charge in [0, 0.05) is 18.5 Å². The molecule has 3 amide bonds. The average Bonchev–Trinajstić information content (AvgIpc) is 3.08. The molecule has 2 rings (SSSR count). The SMILES string of the molecule is CCC(C)c1ccc(NC(=O)CCC(=O)Nc2sccc2C(N)=O)cc1. The number of amides is 3. The second-order valence-electron chi connectivity index (χ2n) is 6.06. The third kappa shape index (κ3) is 5.42. The van der Waals surface area contributed by atoms with Crippen molar-refractivity contribution in [3.8, 4) is 0 Å². The molecule has 0 fully saturated rings. The predicted molar refractivity (Wildman–Crippen MR) is 104 cm³/mol. The molecule has 2 aromatic rings. The second kappa shape index (κ2) is 9.15. The van der Waals surface area contributed by atoms with E-state index < -0.39 is 5.91 Å². The number of anilines is 2. The molecule has 0 aliphatic rings. The molecule has 0 bridgehead atoms. The van der Waals surface area contributed by atoms with Crippen LogP contribution >= 0.6 is 11.3 Å². The maximum Gasteiger partial charge on any atom is 0.251 e. The minimum Gasteiger partial charge on any atom is -0.366 e. The number of primary amides is 1. The van der Waals surface area contributed by atoms with Gasteiger partial charge >= 0.3 is 0 Å². The van der Waals surface area contributed by atoms with Gasteiger partial charge < -0.3 is 16.4 Å². The Hall–Kier alpha value is -2.67. The van der Waals surface area contributed by atoms with Gasteiger partial charge in [-0.25, -0.2) is 0 Å². The fraction of sp³-hybridized carbons (Fsp3) is 0.316. The highest BCUT2D eigenvalue weighted by Crippen LogP contribution is 2.23. The molecule has 1 aromatic carbocycles. The zero-order valence-electron chi connectivity index (χ0n) is 14.9. The summed E-state index contributed by atoms with van der Waals surface area (Å²) in [6.07, 6.45) is 1.13. The van der Waals surface area contributed by atoms with Crippen LogP contribution in [-0.2, 0) is 9.59 Å². The first-order valence-electron chi connectivity index (χ1n) is 8.47. The molecule has 0 saturated carbocycles. The van der Waals surface area contributed by atoms with Crippen LogP contribution in [0.5, 0.6) is 0 Å². The highest BCUT2D eigenvalue weighted by Gasteiger charge is 2.13. The molecule has 0 aliphatic heterocycles. The monoisotopic (exact) mass is 373 g/mol. The van der Waals surface area contributed by atoms with E-state index in [1.165, 1.54) is 16.9 Å². The van der Waals surface area contributed by atoms with Crippen molar-refractivity contribution in [2.75, 3.05) is 10.6 Å². The maximum atomic E-state index is 12.0. The first-order valence-corrected chi connectivity index (χ1v) is 9.35. The van der Waals surface area contributed by atoms with Crippen molar-refractivity contribution in [3.63, 3.8) is 0 Å². The quantitative estimate of drug-likeness (QED) is 0.657. The molecule has 7 heteroatoms. The minimum atomic E-state index is -0.597. The van der Waals surface area contributed by atoms with Gasteiger partial charge in [0.25, 0.3) is 5.91 Å². The van der Waals surface area contributed by atoms with Gasteiger partial charge in [-0.3, -0.25) is 14.4 Å². The number of hydrogen-bond donors (Lipinski definition) is 3. The van der Waals surface area contributed by atoms with Crippen molar-refractivity contribution in [2.45, 2.75) is 39.0 Å². The molecule has 1 heterocycles.